The van der Waals surface area contributed by atoms with E-state index in [0.29, 0.717) is 13.2 Å². The third kappa shape index (κ3) is 4.66. The number of halogens is 1. The molecule has 1 aromatic rings. The summed E-state index contributed by atoms with van der Waals surface area (Å²) < 4.78 is 6.08. The van der Waals surface area contributed by atoms with Crippen molar-refractivity contribution in [2.45, 2.75) is 13.8 Å². The lowest BCUT2D eigenvalue weighted by Crippen LogP contribution is -2.17. The molecule has 1 aromatic carbocycles. The maximum atomic E-state index is 11.1. The summed E-state index contributed by atoms with van der Waals surface area (Å²) in [6.45, 7) is 4.67. The van der Waals surface area contributed by atoms with Crippen LogP contribution < -0.4 is 5.32 Å². The van der Waals surface area contributed by atoms with E-state index >= 15 is 0 Å². The van der Waals surface area contributed by atoms with Gasteiger partial charge in [-0.3, -0.25) is 4.79 Å². The van der Waals surface area contributed by atoms with Crippen LogP contribution in [0, 0.1) is 5.92 Å². The number of benzene rings is 1. The van der Waals surface area contributed by atoms with Crippen LogP contribution in [-0.4, -0.2) is 19.1 Å². The number of carbonyl (C=O) groups excluding carboxylic acids is 1. The van der Waals surface area contributed by atoms with Crippen LogP contribution in [0.4, 0.5) is 5.69 Å². The lowest BCUT2D eigenvalue weighted by Gasteiger charge is -2.09. The number of nitrogens with one attached hydrogen (secondary N) is 1. The third-order valence-electron chi connectivity index (χ3n) is 1.99. The first-order valence-electron chi connectivity index (χ1n) is 5.25. The van der Waals surface area contributed by atoms with Gasteiger partial charge in [0.15, 0.2) is 0 Å². The zero-order valence-corrected chi connectivity index (χ0v) is 11.1. The molecule has 1 rings (SSSR count). The Labute approximate surface area is 104 Å². The molecule has 0 amide bonds. The summed E-state index contributed by atoms with van der Waals surface area (Å²) in [5, 5.41) is 3.17. The number of ether oxygens (including phenoxy) is 1. The average Bonchev–Trinajstić information content (AvgIpc) is 2.26. The minimum Gasteiger partial charge on any atom is -0.464 e. The van der Waals surface area contributed by atoms with Crippen molar-refractivity contribution in [3.8, 4) is 0 Å². The van der Waals surface area contributed by atoms with Gasteiger partial charge in [0.2, 0.25) is 0 Å². The van der Waals surface area contributed by atoms with Crippen LogP contribution >= 0.6 is 15.9 Å². The van der Waals surface area contributed by atoms with Crippen molar-refractivity contribution in [1.82, 2.24) is 0 Å². The first kappa shape index (κ1) is 13.0. The highest BCUT2D eigenvalue weighted by Crippen LogP contribution is 2.13. The van der Waals surface area contributed by atoms with E-state index in [2.05, 4.69) is 21.2 Å². The first-order chi connectivity index (χ1) is 7.59. The van der Waals surface area contributed by atoms with Gasteiger partial charge < -0.3 is 10.1 Å². The van der Waals surface area contributed by atoms with Gasteiger partial charge >= 0.3 is 5.97 Å². The molecular formula is C12H16BrNO2. The van der Waals surface area contributed by atoms with Crippen molar-refractivity contribution in [3.63, 3.8) is 0 Å². The molecule has 0 fully saturated rings. The summed E-state index contributed by atoms with van der Waals surface area (Å²) >= 11 is 3.37. The van der Waals surface area contributed by atoms with Crippen molar-refractivity contribution in [2.75, 3.05) is 18.5 Å². The molecule has 0 radical (unpaired) electrons. The Morgan fingerprint density at radius 2 is 2.00 bits per heavy atom. The van der Waals surface area contributed by atoms with E-state index in [4.69, 9.17) is 4.74 Å². The normalized spacial score (nSPS) is 10.2. The van der Waals surface area contributed by atoms with E-state index in [1.807, 2.05) is 38.1 Å². The third-order valence-corrected chi connectivity index (χ3v) is 2.52. The molecule has 16 heavy (non-hydrogen) atoms. The molecule has 0 aliphatic carbocycles. The fourth-order valence-corrected chi connectivity index (χ4v) is 1.35. The molecule has 0 heterocycles. The lowest BCUT2D eigenvalue weighted by molar-refractivity contribution is -0.146. The lowest BCUT2D eigenvalue weighted by atomic mass is 10.2. The van der Waals surface area contributed by atoms with Crippen molar-refractivity contribution in [2.24, 2.45) is 5.92 Å². The number of hydrogen-bond acceptors (Lipinski definition) is 3. The molecule has 4 heteroatoms. The van der Waals surface area contributed by atoms with Crippen molar-refractivity contribution < 1.29 is 9.53 Å². The minimum atomic E-state index is -0.155. The van der Waals surface area contributed by atoms with Crippen LogP contribution in [-0.2, 0) is 9.53 Å². The van der Waals surface area contributed by atoms with E-state index < -0.39 is 0 Å². The monoisotopic (exact) mass is 285 g/mol. The molecule has 0 saturated heterocycles. The molecule has 3 nitrogen and oxygen atoms in total. The molecule has 1 N–H and O–H groups in total. The van der Waals surface area contributed by atoms with Gasteiger partial charge in [-0.15, -0.1) is 0 Å². The van der Waals surface area contributed by atoms with Crippen LogP contribution in [0.25, 0.3) is 0 Å². The number of rotatable bonds is 5. The predicted molar refractivity (Wildman–Crippen MR) is 68.4 cm³/mol. The second-order valence-electron chi connectivity index (χ2n) is 3.76. The zero-order chi connectivity index (χ0) is 12.0. The highest BCUT2D eigenvalue weighted by molar-refractivity contribution is 9.10. The standard InChI is InChI=1S/C12H16BrNO2/c1-9(2)12(15)16-8-7-14-11-5-3-10(13)4-6-11/h3-6,9,14H,7-8H2,1-2H3. The fraction of sp³-hybridized carbons (Fsp3) is 0.417. The van der Waals surface area contributed by atoms with E-state index in [-0.39, 0.29) is 11.9 Å². The maximum absolute atomic E-state index is 11.1. The van der Waals surface area contributed by atoms with E-state index in [1.54, 1.807) is 0 Å². The molecular weight excluding hydrogens is 270 g/mol. The number of anilines is 1. The number of hydrogen-bond donors (Lipinski definition) is 1. The van der Waals surface area contributed by atoms with Gasteiger partial charge in [-0.2, -0.15) is 0 Å². The van der Waals surface area contributed by atoms with Crippen LogP contribution in [0.2, 0.25) is 0 Å². The second kappa shape index (κ2) is 6.53. The summed E-state index contributed by atoms with van der Waals surface area (Å²) in [5.74, 6) is -0.217. The Hall–Kier alpha value is -1.03. The molecule has 0 aliphatic rings. The minimum absolute atomic E-state index is 0.0623. The molecule has 88 valence electrons. The fourth-order valence-electron chi connectivity index (χ4n) is 1.08. The van der Waals surface area contributed by atoms with Gasteiger partial charge in [-0.05, 0) is 24.3 Å². The zero-order valence-electron chi connectivity index (χ0n) is 9.50. The van der Waals surface area contributed by atoms with Crippen LogP contribution in [0.15, 0.2) is 28.7 Å². The van der Waals surface area contributed by atoms with Crippen molar-refractivity contribution in [3.05, 3.63) is 28.7 Å². The molecule has 0 spiro atoms. The molecule has 0 atom stereocenters. The Morgan fingerprint density at radius 1 is 1.38 bits per heavy atom. The van der Waals surface area contributed by atoms with Gasteiger partial charge in [0, 0.05) is 16.7 Å². The first-order valence-corrected chi connectivity index (χ1v) is 6.05. The van der Waals surface area contributed by atoms with Crippen molar-refractivity contribution in [1.29, 1.82) is 0 Å². The summed E-state index contributed by atoms with van der Waals surface area (Å²) in [5.41, 5.74) is 1.02. The largest absolute Gasteiger partial charge is 0.464 e. The van der Waals surface area contributed by atoms with Crippen molar-refractivity contribution >= 4 is 27.6 Å². The van der Waals surface area contributed by atoms with Gasteiger partial charge in [-0.1, -0.05) is 29.8 Å². The SMILES string of the molecule is CC(C)C(=O)OCCNc1ccc(Br)cc1. The van der Waals surface area contributed by atoms with Crippen LogP contribution in [0.5, 0.6) is 0 Å². The Kier molecular flexibility index (Phi) is 5.32. The highest BCUT2D eigenvalue weighted by atomic mass is 79.9. The van der Waals surface area contributed by atoms with Gasteiger partial charge in [0.05, 0.1) is 5.92 Å². The highest BCUT2D eigenvalue weighted by Gasteiger charge is 2.06. The van der Waals surface area contributed by atoms with E-state index in [9.17, 15) is 4.79 Å². The smallest absolute Gasteiger partial charge is 0.308 e. The molecule has 0 bridgehead atoms. The predicted octanol–water partition coefficient (Wildman–Crippen LogP) is 3.06. The topological polar surface area (TPSA) is 38.3 Å². The second-order valence-corrected chi connectivity index (χ2v) is 4.67. The quantitative estimate of drug-likeness (QED) is 0.668. The van der Waals surface area contributed by atoms with E-state index in [0.717, 1.165) is 10.2 Å². The van der Waals surface area contributed by atoms with Crippen LogP contribution in [0.1, 0.15) is 13.8 Å². The summed E-state index contributed by atoms with van der Waals surface area (Å²) in [7, 11) is 0. The van der Waals surface area contributed by atoms with Gasteiger partial charge in [0.25, 0.3) is 0 Å². The summed E-state index contributed by atoms with van der Waals surface area (Å²) in [4.78, 5) is 11.1. The summed E-state index contributed by atoms with van der Waals surface area (Å²) in [6, 6.07) is 7.85. The molecule has 0 aromatic heterocycles. The Bertz CT molecular complexity index is 335. The van der Waals surface area contributed by atoms with Gasteiger partial charge in [0.1, 0.15) is 6.61 Å². The average molecular weight is 286 g/mol. The summed E-state index contributed by atoms with van der Waals surface area (Å²) in [6.07, 6.45) is 0. The van der Waals surface area contributed by atoms with Crippen LogP contribution in [0.3, 0.4) is 0 Å². The maximum Gasteiger partial charge on any atom is 0.308 e. The Balaban J connectivity index is 2.21. The van der Waals surface area contributed by atoms with Gasteiger partial charge in [-0.25, -0.2) is 0 Å². The molecule has 0 unspecified atom stereocenters. The Morgan fingerprint density at radius 3 is 2.56 bits per heavy atom. The molecule has 0 saturated carbocycles. The van der Waals surface area contributed by atoms with E-state index in [1.165, 1.54) is 0 Å². The number of esters is 1. The number of carbonyl (C=O) groups is 1. The molecule has 0 aliphatic heterocycles.